The van der Waals surface area contributed by atoms with Gasteiger partial charge < -0.3 is 10.6 Å². The third-order valence-electron chi connectivity index (χ3n) is 3.15. The Morgan fingerprint density at radius 3 is 2.55 bits per heavy atom. The van der Waals surface area contributed by atoms with Gasteiger partial charge in [0.05, 0.1) is 4.99 Å². The monoisotopic (exact) mass is 300 g/mol. The number of carbonyl (C=O) groups excluding carboxylic acids is 1. The maximum Gasteiger partial charge on any atom is 0.254 e. The number of amides is 1. The molecule has 0 aromatic heterocycles. The Kier molecular flexibility index (Phi) is 6.01. The number of nitrogens with two attached hydrogens (primary N) is 1. The van der Waals surface area contributed by atoms with Crippen LogP contribution in [-0.2, 0) is 0 Å². The fourth-order valence-corrected chi connectivity index (χ4v) is 1.86. The highest BCUT2D eigenvalue weighted by Crippen LogP contribution is 2.14. The van der Waals surface area contributed by atoms with E-state index in [0.29, 0.717) is 18.0 Å². The van der Waals surface area contributed by atoms with Crippen LogP contribution in [0.1, 0.15) is 37.0 Å². The molecule has 0 fully saturated rings. The zero-order valence-corrected chi connectivity index (χ0v) is 12.3. The van der Waals surface area contributed by atoms with E-state index in [0.717, 1.165) is 18.6 Å². The molecule has 2 N–H and O–H groups in total. The van der Waals surface area contributed by atoms with Crippen LogP contribution in [0.15, 0.2) is 18.2 Å². The summed E-state index contributed by atoms with van der Waals surface area (Å²) in [6.07, 6.45) is 1.14. The van der Waals surface area contributed by atoms with E-state index >= 15 is 0 Å². The van der Waals surface area contributed by atoms with Gasteiger partial charge in [0.1, 0.15) is 0 Å². The maximum atomic E-state index is 13.2. The number of nitrogens with zero attached hydrogens (tertiary/aromatic N) is 1. The van der Waals surface area contributed by atoms with E-state index in [2.05, 4.69) is 0 Å². The van der Waals surface area contributed by atoms with Crippen molar-refractivity contribution in [3.8, 4) is 0 Å². The second-order valence-corrected chi connectivity index (χ2v) is 5.13. The Morgan fingerprint density at radius 2 is 2.05 bits per heavy atom. The molecule has 3 nitrogen and oxygen atoms in total. The first kappa shape index (κ1) is 16.5. The van der Waals surface area contributed by atoms with Gasteiger partial charge in [-0.15, -0.1) is 0 Å². The molecule has 1 rings (SSSR count). The predicted molar refractivity (Wildman–Crippen MR) is 78.5 cm³/mol. The van der Waals surface area contributed by atoms with E-state index in [-0.39, 0.29) is 17.5 Å². The zero-order chi connectivity index (χ0) is 15.3. The summed E-state index contributed by atoms with van der Waals surface area (Å²) >= 11 is 4.81. The van der Waals surface area contributed by atoms with Crippen LogP contribution in [0.5, 0.6) is 0 Å². The average Bonchev–Trinajstić information content (AvgIpc) is 2.41. The molecule has 0 saturated heterocycles. The topological polar surface area (TPSA) is 46.3 Å². The van der Waals surface area contributed by atoms with Crippen molar-refractivity contribution in [3.05, 3.63) is 35.4 Å². The molecule has 0 radical (unpaired) electrons. The minimum atomic E-state index is -1.03. The molecule has 0 aliphatic rings. The fourth-order valence-electron chi connectivity index (χ4n) is 1.77. The first-order chi connectivity index (χ1) is 9.36. The molecule has 1 amide bonds. The van der Waals surface area contributed by atoms with Crippen LogP contribution < -0.4 is 5.73 Å². The molecule has 0 aliphatic carbocycles. The highest BCUT2D eigenvalue weighted by atomic mass is 32.1. The number of rotatable bonds is 6. The lowest BCUT2D eigenvalue weighted by molar-refractivity contribution is 0.0693. The summed E-state index contributed by atoms with van der Waals surface area (Å²) in [4.78, 5) is 14.3. The summed E-state index contributed by atoms with van der Waals surface area (Å²) in [5.41, 5.74) is 5.57. The lowest BCUT2D eigenvalue weighted by Gasteiger charge is -2.28. The third-order valence-corrected chi connectivity index (χ3v) is 3.35. The van der Waals surface area contributed by atoms with Crippen LogP contribution >= 0.6 is 12.2 Å². The van der Waals surface area contributed by atoms with Crippen molar-refractivity contribution in [3.63, 3.8) is 0 Å². The van der Waals surface area contributed by atoms with E-state index in [1.807, 2.05) is 13.8 Å². The van der Waals surface area contributed by atoms with Gasteiger partial charge in [-0.25, -0.2) is 8.78 Å². The summed E-state index contributed by atoms with van der Waals surface area (Å²) < 4.78 is 26.1. The molecule has 1 atom stereocenters. The van der Waals surface area contributed by atoms with Crippen molar-refractivity contribution in [1.82, 2.24) is 4.90 Å². The van der Waals surface area contributed by atoms with E-state index < -0.39 is 11.6 Å². The lowest BCUT2D eigenvalue weighted by atomic mass is 10.1. The Bertz CT molecular complexity index is 508. The maximum absolute atomic E-state index is 13.2. The third kappa shape index (κ3) is 4.23. The van der Waals surface area contributed by atoms with Crippen LogP contribution in [0.25, 0.3) is 0 Å². The molecule has 0 heterocycles. The summed E-state index contributed by atoms with van der Waals surface area (Å²) in [6.45, 7) is 4.19. The Morgan fingerprint density at radius 1 is 1.40 bits per heavy atom. The minimum absolute atomic E-state index is 0.0371. The van der Waals surface area contributed by atoms with Crippen LogP contribution in [-0.4, -0.2) is 28.4 Å². The number of thiocarbonyl (C=S) groups is 1. The zero-order valence-electron chi connectivity index (χ0n) is 11.5. The highest BCUT2D eigenvalue weighted by molar-refractivity contribution is 7.80. The summed E-state index contributed by atoms with van der Waals surface area (Å²) in [6, 6.07) is 3.10. The largest absolute Gasteiger partial charge is 0.393 e. The molecule has 1 aromatic rings. The summed E-state index contributed by atoms with van der Waals surface area (Å²) in [7, 11) is 0. The van der Waals surface area contributed by atoms with Gasteiger partial charge in [0.25, 0.3) is 5.91 Å². The summed E-state index contributed by atoms with van der Waals surface area (Å²) in [5.74, 6) is -2.36. The number of carbonyl (C=O) groups is 1. The molecule has 1 aromatic carbocycles. The summed E-state index contributed by atoms with van der Waals surface area (Å²) in [5, 5.41) is 0. The fraction of sp³-hybridized carbons (Fsp3) is 0.429. The first-order valence-electron chi connectivity index (χ1n) is 6.41. The Labute approximate surface area is 122 Å². The van der Waals surface area contributed by atoms with E-state index in [4.69, 9.17) is 18.0 Å². The van der Waals surface area contributed by atoms with Crippen LogP contribution in [0.2, 0.25) is 0 Å². The molecule has 0 saturated carbocycles. The molecule has 0 spiro atoms. The smallest absolute Gasteiger partial charge is 0.254 e. The number of hydrogen-bond acceptors (Lipinski definition) is 2. The second-order valence-electron chi connectivity index (χ2n) is 4.60. The van der Waals surface area contributed by atoms with Crippen molar-refractivity contribution >= 4 is 23.1 Å². The molecule has 1 unspecified atom stereocenters. The van der Waals surface area contributed by atoms with E-state index in [9.17, 15) is 13.6 Å². The van der Waals surface area contributed by atoms with Gasteiger partial charge in [-0.3, -0.25) is 4.79 Å². The molecule has 6 heteroatoms. The standard InChI is InChI=1S/C14H18F2N2OS/c1-3-9(2)18(7-6-13(17)20)14(19)10-4-5-11(15)12(16)8-10/h4-5,8-9H,3,6-7H2,1-2H3,(H2,17,20). The average molecular weight is 300 g/mol. The quantitative estimate of drug-likeness (QED) is 0.822. The molecule has 110 valence electrons. The van der Waals surface area contributed by atoms with Crippen molar-refractivity contribution < 1.29 is 13.6 Å². The SMILES string of the molecule is CCC(C)N(CCC(N)=S)C(=O)c1ccc(F)c(F)c1. The van der Waals surface area contributed by atoms with Gasteiger partial charge in [0.15, 0.2) is 11.6 Å². The van der Waals surface area contributed by atoms with Gasteiger partial charge in [0.2, 0.25) is 0 Å². The molecule has 20 heavy (non-hydrogen) atoms. The van der Waals surface area contributed by atoms with Crippen LogP contribution in [0.4, 0.5) is 8.78 Å². The number of hydrogen-bond donors (Lipinski definition) is 1. The van der Waals surface area contributed by atoms with E-state index in [1.165, 1.54) is 6.07 Å². The van der Waals surface area contributed by atoms with E-state index in [1.54, 1.807) is 4.90 Å². The Hall–Kier alpha value is -1.56. The van der Waals surface area contributed by atoms with Gasteiger partial charge in [-0.1, -0.05) is 19.1 Å². The van der Waals surface area contributed by atoms with Gasteiger partial charge in [0, 0.05) is 24.6 Å². The van der Waals surface area contributed by atoms with Crippen molar-refractivity contribution in [2.24, 2.45) is 5.73 Å². The van der Waals surface area contributed by atoms with Crippen molar-refractivity contribution in [1.29, 1.82) is 0 Å². The van der Waals surface area contributed by atoms with Gasteiger partial charge >= 0.3 is 0 Å². The van der Waals surface area contributed by atoms with Gasteiger partial charge in [-0.2, -0.15) is 0 Å². The molecule has 0 aliphatic heterocycles. The normalized spacial score (nSPS) is 12.0. The van der Waals surface area contributed by atoms with Gasteiger partial charge in [-0.05, 0) is 31.5 Å². The number of benzene rings is 1. The van der Waals surface area contributed by atoms with Crippen molar-refractivity contribution in [2.75, 3.05) is 6.54 Å². The van der Waals surface area contributed by atoms with Crippen LogP contribution in [0, 0.1) is 11.6 Å². The molecule has 0 bridgehead atoms. The predicted octanol–water partition coefficient (Wildman–Crippen LogP) is 2.88. The Balaban J connectivity index is 2.96. The number of halogens is 2. The first-order valence-corrected chi connectivity index (χ1v) is 6.82. The minimum Gasteiger partial charge on any atom is -0.393 e. The van der Waals surface area contributed by atoms with Crippen molar-refractivity contribution in [2.45, 2.75) is 32.7 Å². The lowest BCUT2D eigenvalue weighted by Crippen LogP contribution is -2.40. The highest BCUT2D eigenvalue weighted by Gasteiger charge is 2.21. The van der Waals surface area contributed by atoms with Crippen LogP contribution in [0.3, 0.4) is 0 Å². The molecular weight excluding hydrogens is 282 g/mol. The second kappa shape index (κ2) is 7.28. The molecular formula is C14H18F2N2OS.